The van der Waals surface area contributed by atoms with Crippen molar-refractivity contribution < 1.29 is 13.2 Å². The van der Waals surface area contributed by atoms with Gasteiger partial charge in [-0.05, 0) is 61.5 Å². The molecule has 0 aliphatic carbocycles. The highest BCUT2D eigenvalue weighted by molar-refractivity contribution is 7.92. The number of hydrogen-bond donors (Lipinski definition) is 2. The summed E-state index contributed by atoms with van der Waals surface area (Å²) < 4.78 is 27.5. The van der Waals surface area contributed by atoms with Crippen molar-refractivity contribution in [2.75, 3.05) is 29.0 Å². The maximum atomic E-state index is 12.5. The molecule has 0 radical (unpaired) electrons. The smallest absolute Gasteiger partial charge is 0.261 e. The number of benzene rings is 3. The molecule has 0 aliphatic rings. The van der Waals surface area contributed by atoms with Crippen LogP contribution in [0.3, 0.4) is 0 Å². The van der Waals surface area contributed by atoms with Gasteiger partial charge in [-0.2, -0.15) is 0 Å². The highest BCUT2D eigenvalue weighted by atomic mass is 32.2. The molecule has 7 heteroatoms. The fourth-order valence-electron chi connectivity index (χ4n) is 2.68. The van der Waals surface area contributed by atoms with Gasteiger partial charge < -0.3 is 10.2 Å². The number of carbonyl (C=O) groups is 1. The lowest BCUT2D eigenvalue weighted by molar-refractivity contribution is 0.102. The molecule has 0 saturated carbocycles. The Balaban J connectivity index is 1.69. The predicted octanol–water partition coefficient (Wildman–Crippen LogP) is 4.11. The van der Waals surface area contributed by atoms with E-state index in [1.165, 1.54) is 0 Å². The SMILES string of the molecule is Cc1ccc(S(=O)(=O)Nc2ccc(NC(=O)c3cccc(N(C)C)c3)cc2)cc1. The quantitative estimate of drug-likeness (QED) is 0.642. The van der Waals surface area contributed by atoms with Gasteiger partial charge in [0.2, 0.25) is 0 Å². The molecule has 0 fully saturated rings. The molecule has 0 aliphatic heterocycles. The molecule has 3 aromatic rings. The Morgan fingerprint density at radius 1 is 0.862 bits per heavy atom. The molecule has 2 N–H and O–H groups in total. The van der Waals surface area contributed by atoms with Crippen LogP contribution in [0.25, 0.3) is 0 Å². The van der Waals surface area contributed by atoms with Crippen LogP contribution in [0.1, 0.15) is 15.9 Å². The van der Waals surface area contributed by atoms with Crippen LogP contribution >= 0.6 is 0 Å². The highest BCUT2D eigenvalue weighted by Gasteiger charge is 2.14. The van der Waals surface area contributed by atoms with Crippen molar-refractivity contribution in [3.8, 4) is 0 Å². The Morgan fingerprint density at radius 3 is 2.10 bits per heavy atom. The summed E-state index contributed by atoms with van der Waals surface area (Å²) in [5.41, 5.74) is 3.45. The normalized spacial score (nSPS) is 11.0. The van der Waals surface area contributed by atoms with Crippen LogP contribution in [-0.2, 0) is 10.0 Å². The van der Waals surface area contributed by atoms with E-state index in [0.29, 0.717) is 16.9 Å². The zero-order valence-electron chi connectivity index (χ0n) is 16.5. The summed E-state index contributed by atoms with van der Waals surface area (Å²) in [6, 6.07) is 20.4. The summed E-state index contributed by atoms with van der Waals surface area (Å²) in [4.78, 5) is 14.6. The molecule has 3 rings (SSSR count). The molecule has 0 spiro atoms. The van der Waals surface area contributed by atoms with Crippen LogP contribution in [0.5, 0.6) is 0 Å². The summed E-state index contributed by atoms with van der Waals surface area (Å²) in [7, 11) is 0.156. The van der Waals surface area contributed by atoms with E-state index < -0.39 is 10.0 Å². The minimum Gasteiger partial charge on any atom is -0.378 e. The summed E-state index contributed by atoms with van der Waals surface area (Å²) in [6.07, 6.45) is 0. The minimum absolute atomic E-state index is 0.196. The summed E-state index contributed by atoms with van der Waals surface area (Å²) >= 11 is 0. The van der Waals surface area contributed by atoms with E-state index in [9.17, 15) is 13.2 Å². The number of anilines is 3. The van der Waals surface area contributed by atoms with Crippen LogP contribution in [0.2, 0.25) is 0 Å². The summed E-state index contributed by atoms with van der Waals surface area (Å²) in [5, 5.41) is 2.82. The minimum atomic E-state index is -3.66. The van der Waals surface area contributed by atoms with E-state index in [2.05, 4.69) is 10.0 Å². The topological polar surface area (TPSA) is 78.5 Å². The van der Waals surface area contributed by atoms with Crippen molar-refractivity contribution in [1.29, 1.82) is 0 Å². The molecule has 0 heterocycles. The van der Waals surface area contributed by atoms with E-state index in [1.807, 2.05) is 38.1 Å². The van der Waals surface area contributed by atoms with Crippen LogP contribution in [0, 0.1) is 6.92 Å². The summed E-state index contributed by atoms with van der Waals surface area (Å²) in [6.45, 7) is 1.90. The van der Waals surface area contributed by atoms with E-state index in [0.717, 1.165) is 11.3 Å². The number of aryl methyl sites for hydroxylation is 1. The molecule has 6 nitrogen and oxygen atoms in total. The highest BCUT2D eigenvalue weighted by Crippen LogP contribution is 2.20. The molecule has 150 valence electrons. The van der Waals surface area contributed by atoms with Gasteiger partial charge in [0.05, 0.1) is 4.90 Å². The number of amides is 1. The first-order chi connectivity index (χ1) is 13.7. The molecule has 3 aromatic carbocycles. The third-order valence-electron chi connectivity index (χ3n) is 4.35. The molecule has 29 heavy (non-hydrogen) atoms. The molecular weight excluding hydrogens is 386 g/mol. The maximum Gasteiger partial charge on any atom is 0.261 e. The van der Waals surface area contributed by atoms with Gasteiger partial charge in [0.25, 0.3) is 15.9 Å². The van der Waals surface area contributed by atoms with Gasteiger partial charge in [-0.1, -0.05) is 23.8 Å². The van der Waals surface area contributed by atoms with Gasteiger partial charge in [-0.15, -0.1) is 0 Å². The largest absolute Gasteiger partial charge is 0.378 e. The standard InChI is InChI=1S/C22H23N3O3S/c1-16-7-13-21(14-8-16)29(27,28)24-19-11-9-18(10-12-19)23-22(26)17-5-4-6-20(15-17)25(2)3/h4-15,24H,1-3H3,(H,23,26). The molecule has 1 amide bonds. The Bertz CT molecular complexity index is 1110. The zero-order chi connectivity index (χ0) is 21.0. The molecule has 0 aromatic heterocycles. The number of hydrogen-bond acceptors (Lipinski definition) is 4. The molecule has 0 saturated heterocycles. The van der Waals surface area contributed by atoms with Gasteiger partial charge in [-0.3, -0.25) is 9.52 Å². The average molecular weight is 410 g/mol. The third-order valence-corrected chi connectivity index (χ3v) is 5.75. The van der Waals surface area contributed by atoms with Gasteiger partial charge in [0.1, 0.15) is 0 Å². The Morgan fingerprint density at radius 2 is 1.48 bits per heavy atom. The second-order valence-corrected chi connectivity index (χ2v) is 8.58. The van der Waals surface area contributed by atoms with E-state index in [1.54, 1.807) is 60.7 Å². The Labute approximate surface area is 171 Å². The van der Waals surface area contributed by atoms with Gasteiger partial charge >= 0.3 is 0 Å². The van der Waals surface area contributed by atoms with Crippen LogP contribution in [0.15, 0.2) is 77.7 Å². The van der Waals surface area contributed by atoms with Crippen molar-refractivity contribution in [3.63, 3.8) is 0 Å². The predicted molar refractivity (Wildman–Crippen MR) is 117 cm³/mol. The number of carbonyl (C=O) groups excluding carboxylic acids is 1. The Hall–Kier alpha value is -3.32. The lowest BCUT2D eigenvalue weighted by Gasteiger charge is -2.13. The van der Waals surface area contributed by atoms with Gasteiger partial charge in [-0.25, -0.2) is 8.42 Å². The fourth-order valence-corrected chi connectivity index (χ4v) is 3.74. The van der Waals surface area contributed by atoms with Crippen LogP contribution in [0.4, 0.5) is 17.1 Å². The fraction of sp³-hybridized carbons (Fsp3) is 0.136. The van der Waals surface area contributed by atoms with Gasteiger partial charge in [0, 0.05) is 36.7 Å². The Kier molecular flexibility index (Phi) is 5.89. The average Bonchev–Trinajstić information content (AvgIpc) is 2.69. The van der Waals surface area contributed by atoms with Gasteiger partial charge in [0.15, 0.2) is 0 Å². The molecule has 0 bridgehead atoms. The molecule has 0 unspecified atom stereocenters. The number of nitrogens with one attached hydrogen (secondary N) is 2. The molecule has 0 atom stereocenters. The maximum absolute atomic E-state index is 12.5. The molecular formula is C22H23N3O3S. The van der Waals surface area contributed by atoms with Crippen molar-refractivity contribution in [2.24, 2.45) is 0 Å². The monoisotopic (exact) mass is 409 g/mol. The lowest BCUT2D eigenvalue weighted by Crippen LogP contribution is -2.15. The van der Waals surface area contributed by atoms with E-state index >= 15 is 0 Å². The van der Waals surface area contributed by atoms with Crippen molar-refractivity contribution in [2.45, 2.75) is 11.8 Å². The number of sulfonamides is 1. The number of rotatable bonds is 6. The summed E-state index contributed by atoms with van der Waals surface area (Å²) in [5.74, 6) is -0.235. The first-order valence-corrected chi connectivity index (χ1v) is 10.5. The van der Waals surface area contributed by atoms with Crippen molar-refractivity contribution in [3.05, 3.63) is 83.9 Å². The van der Waals surface area contributed by atoms with Crippen LogP contribution < -0.4 is 14.9 Å². The first-order valence-electron chi connectivity index (χ1n) is 9.03. The lowest BCUT2D eigenvalue weighted by atomic mass is 10.1. The van der Waals surface area contributed by atoms with Crippen molar-refractivity contribution >= 4 is 33.0 Å². The third kappa shape index (κ3) is 5.14. The van der Waals surface area contributed by atoms with E-state index in [4.69, 9.17) is 0 Å². The van der Waals surface area contributed by atoms with Crippen molar-refractivity contribution in [1.82, 2.24) is 0 Å². The van der Waals surface area contributed by atoms with Crippen LogP contribution in [-0.4, -0.2) is 28.4 Å². The number of nitrogens with zero attached hydrogens (tertiary/aromatic N) is 1. The second-order valence-electron chi connectivity index (χ2n) is 6.89. The first kappa shape index (κ1) is 20.4. The second kappa shape index (κ2) is 8.36. The van der Waals surface area contributed by atoms with E-state index in [-0.39, 0.29) is 10.8 Å². The zero-order valence-corrected chi connectivity index (χ0v) is 17.3.